The molecule has 1 N–H and O–H groups in total. The fraction of sp³-hybridized carbons (Fsp3) is 0.278. The Bertz CT molecular complexity index is 954. The van der Waals surface area contributed by atoms with E-state index in [0.717, 1.165) is 11.6 Å². The Kier molecular flexibility index (Phi) is 7.07. The van der Waals surface area contributed by atoms with E-state index in [1.165, 1.54) is 22.7 Å². The summed E-state index contributed by atoms with van der Waals surface area (Å²) in [7, 11) is -2.35. The number of anilines is 1. The van der Waals surface area contributed by atoms with Crippen molar-refractivity contribution in [2.75, 3.05) is 25.6 Å². The third-order valence-electron chi connectivity index (χ3n) is 4.01. The van der Waals surface area contributed by atoms with E-state index in [-0.39, 0.29) is 29.4 Å². The van der Waals surface area contributed by atoms with Gasteiger partial charge in [0.1, 0.15) is 10.6 Å². The lowest BCUT2D eigenvalue weighted by Gasteiger charge is -2.20. The highest BCUT2D eigenvalue weighted by atomic mass is 32.2. The van der Waals surface area contributed by atoms with Crippen molar-refractivity contribution >= 4 is 27.6 Å². The van der Waals surface area contributed by atoms with Crippen LogP contribution in [0.1, 0.15) is 19.4 Å². The number of hydrazone groups is 1. The zero-order valence-corrected chi connectivity index (χ0v) is 16.6. The van der Waals surface area contributed by atoms with Crippen LogP contribution in [0.4, 0.5) is 11.4 Å². The molecule has 28 heavy (non-hydrogen) atoms. The fourth-order valence-electron chi connectivity index (χ4n) is 2.50. The predicted octanol–water partition coefficient (Wildman–Crippen LogP) is 3.08. The zero-order chi connectivity index (χ0) is 20.7. The SMILES string of the molecule is CCN(CC)S(=O)(=O)c1cc([N+](=O)[O-])ccc1NN=Cc1ccc(OC)cc1. The molecular weight excluding hydrogens is 384 g/mol. The lowest BCUT2D eigenvalue weighted by Crippen LogP contribution is -2.31. The van der Waals surface area contributed by atoms with Crippen molar-refractivity contribution in [2.24, 2.45) is 5.10 Å². The van der Waals surface area contributed by atoms with E-state index < -0.39 is 14.9 Å². The molecule has 0 aromatic heterocycles. The van der Waals surface area contributed by atoms with Gasteiger partial charge in [-0.2, -0.15) is 9.41 Å². The van der Waals surface area contributed by atoms with Gasteiger partial charge in [0.15, 0.2) is 0 Å². The quantitative estimate of drug-likeness (QED) is 0.389. The monoisotopic (exact) mass is 406 g/mol. The molecule has 150 valence electrons. The minimum atomic E-state index is -3.92. The van der Waals surface area contributed by atoms with Gasteiger partial charge in [-0.3, -0.25) is 15.5 Å². The maximum Gasteiger partial charge on any atom is 0.270 e. The van der Waals surface area contributed by atoms with Gasteiger partial charge in [0.25, 0.3) is 5.69 Å². The topological polar surface area (TPSA) is 114 Å². The standard InChI is InChI=1S/C18H22N4O5S/c1-4-21(5-2)28(25,26)18-12-15(22(23)24)8-11-17(18)20-19-13-14-6-9-16(27-3)10-7-14/h6-13,20H,4-5H2,1-3H3. The average molecular weight is 406 g/mol. The second-order valence-electron chi connectivity index (χ2n) is 5.67. The molecular formula is C18H22N4O5S. The van der Waals surface area contributed by atoms with Crippen LogP contribution < -0.4 is 10.2 Å². The second kappa shape index (κ2) is 9.29. The van der Waals surface area contributed by atoms with Crippen molar-refractivity contribution in [3.8, 4) is 5.75 Å². The number of hydrogen-bond donors (Lipinski definition) is 1. The van der Waals surface area contributed by atoms with Gasteiger partial charge in [-0.15, -0.1) is 0 Å². The number of nitro benzene ring substituents is 1. The van der Waals surface area contributed by atoms with Crippen LogP contribution in [0.3, 0.4) is 0 Å². The van der Waals surface area contributed by atoms with Crippen molar-refractivity contribution in [2.45, 2.75) is 18.7 Å². The van der Waals surface area contributed by atoms with Crippen molar-refractivity contribution in [1.29, 1.82) is 0 Å². The number of hydrogen-bond acceptors (Lipinski definition) is 7. The summed E-state index contributed by atoms with van der Waals surface area (Å²) in [6, 6.07) is 10.7. The summed E-state index contributed by atoms with van der Waals surface area (Å²) in [6.45, 7) is 3.90. The van der Waals surface area contributed by atoms with Crippen LogP contribution in [0, 0.1) is 10.1 Å². The molecule has 0 spiro atoms. The molecule has 0 aliphatic rings. The lowest BCUT2D eigenvalue weighted by atomic mass is 10.2. The van der Waals surface area contributed by atoms with Crippen LogP contribution >= 0.6 is 0 Å². The van der Waals surface area contributed by atoms with Crippen molar-refractivity contribution < 1.29 is 18.1 Å². The number of nitro groups is 1. The molecule has 0 unspecified atom stereocenters. The van der Waals surface area contributed by atoms with Gasteiger partial charge in [-0.1, -0.05) is 13.8 Å². The molecule has 2 rings (SSSR count). The highest BCUT2D eigenvalue weighted by molar-refractivity contribution is 7.89. The Morgan fingerprint density at radius 3 is 2.36 bits per heavy atom. The maximum atomic E-state index is 12.9. The summed E-state index contributed by atoms with van der Waals surface area (Å²) in [5, 5.41) is 15.1. The van der Waals surface area contributed by atoms with E-state index in [1.54, 1.807) is 45.2 Å². The summed E-state index contributed by atoms with van der Waals surface area (Å²) in [5.74, 6) is 0.702. The van der Waals surface area contributed by atoms with Crippen LogP contribution in [0.15, 0.2) is 52.5 Å². The van der Waals surface area contributed by atoms with E-state index >= 15 is 0 Å². The normalized spacial score (nSPS) is 11.7. The highest BCUT2D eigenvalue weighted by Crippen LogP contribution is 2.29. The van der Waals surface area contributed by atoms with E-state index in [9.17, 15) is 18.5 Å². The van der Waals surface area contributed by atoms with E-state index in [0.29, 0.717) is 5.75 Å². The molecule has 0 saturated heterocycles. The minimum absolute atomic E-state index is 0.155. The Labute approximate surface area is 163 Å². The molecule has 0 heterocycles. The van der Waals surface area contributed by atoms with E-state index in [2.05, 4.69) is 10.5 Å². The molecule has 9 nitrogen and oxygen atoms in total. The van der Waals surface area contributed by atoms with Crippen LogP contribution in [-0.4, -0.2) is 44.1 Å². The summed E-state index contributed by atoms with van der Waals surface area (Å²) in [6.07, 6.45) is 1.51. The second-order valence-corrected chi connectivity index (χ2v) is 7.58. The molecule has 0 saturated carbocycles. The summed E-state index contributed by atoms with van der Waals surface area (Å²) in [5.41, 5.74) is 3.29. The van der Waals surface area contributed by atoms with Crippen LogP contribution in [-0.2, 0) is 10.0 Å². The number of nitrogens with one attached hydrogen (secondary N) is 1. The third kappa shape index (κ3) is 4.84. The predicted molar refractivity (Wildman–Crippen MR) is 107 cm³/mol. The number of ether oxygens (including phenoxy) is 1. The molecule has 0 radical (unpaired) electrons. The molecule has 0 aliphatic heterocycles. The molecule has 2 aromatic rings. The molecule has 0 aliphatic carbocycles. The van der Waals surface area contributed by atoms with Crippen LogP contribution in [0.5, 0.6) is 5.75 Å². The van der Waals surface area contributed by atoms with E-state index in [1.807, 2.05) is 0 Å². The first-order valence-corrected chi connectivity index (χ1v) is 9.99. The number of sulfonamides is 1. The van der Waals surface area contributed by atoms with Crippen molar-refractivity contribution in [1.82, 2.24) is 4.31 Å². The molecule has 10 heteroatoms. The van der Waals surface area contributed by atoms with Gasteiger partial charge >= 0.3 is 0 Å². The first-order valence-electron chi connectivity index (χ1n) is 8.55. The molecule has 0 bridgehead atoms. The third-order valence-corrected chi connectivity index (χ3v) is 6.10. The Balaban J connectivity index is 2.37. The van der Waals surface area contributed by atoms with Gasteiger partial charge in [0, 0.05) is 25.2 Å². The van der Waals surface area contributed by atoms with Crippen molar-refractivity contribution in [3.63, 3.8) is 0 Å². The number of nitrogens with zero attached hydrogens (tertiary/aromatic N) is 3. The van der Waals surface area contributed by atoms with Gasteiger partial charge in [-0.25, -0.2) is 8.42 Å². The lowest BCUT2D eigenvalue weighted by molar-refractivity contribution is -0.385. The van der Waals surface area contributed by atoms with Gasteiger partial charge in [-0.05, 0) is 35.9 Å². The summed E-state index contributed by atoms with van der Waals surface area (Å²) in [4.78, 5) is 10.3. The van der Waals surface area contributed by atoms with Crippen LogP contribution in [0.2, 0.25) is 0 Å². The average Bonchev–Trinajstić information content (AvgIpc) is 2.69. The number of non-ortho nitro benzene ring substituents is 1. The Morgan fingerprint density at radius 1 is 1.18 bits per heavy atom. The molecule has 0 amide bonds. The first kappa shape index (κ1) is 21.3. The first-order chi connectivity index (χ1) is 13.3. The van der Waals surface area contributed by atoms with Gasteiger partial charge in [0.2, 0.25) is 10.0 Å². The molecule has 2 aromatic carbocycles. The van der Waals surface area contributed by atoms with Crippen molar-refractivity contribution in [3.05, 3.63) is 58.1 Å². The van der Waals surface area contributed by atoms with E-state index in [4.69, 9.17) is 4.74 Å². The van der Waals surface area contributed by atoms with Gasteiger partial charge in [0.05, 0.1) is 23.9 Å². The number of benzene rings is 2. The molecule has 0 fully saturated rings. The Morgan fingerprint density at radius 2 is 1.82 bits per heavy atom. The maximum absolute atomic E-state index is 12.9. The summed E-state index contributed by atoms with van der Waals surface area (Å²) >= 11 is 0. The molecule has 0 atom stereocenters. The Hall–Kier alpha value is -2.98. The van der Waals surface area contributed by atoms with Gasteiger partial charge < -0.3 is 4.74 Å². The fourth-order valence-corrected chi connectivity index (χ4v) is 4.12. The highest BCUT2D eigenvalue weighted by Gasteiger charge is 2.27. The number of rotatable bonds is 9. The minimum Gasteiger partial charge on any atom is -0.497 e. The number of methoxy groups -OCH3 is 1. The smallest absolute Gasteiger partial charge is 0.270 e. The van der Waals surface area contributed by atoms with Crippen LogP contribution in [0.25, 0.3) is 0 Å². The largest absolute Gasteiger partial charge is 0.497 e. The summed E-state index contributed by atoms with van der Waals surface area (Å²) < 4.78 is 32.1. The zero-order valence-electron chi connectivity index (χ0n) is 15.8.